The maximum Gasteiger partial charge on any atom is 0.193 e. The summed E-state index contributed by atoms with van der Waals surface area (Å²) in [5.74, 6) is 2.65. The molecule has 5 heteroatoms. The molecular formula is C20H27N3O2. The molecule has 0 aliphatic rings. The number of rotatable bonds is 8. The van der Waals surface area contributed by atoms with Gasteiger partial charge in [0.15, 0.2) is 5.96 Å². The third kappa shape index (κ3) is 6.37. The zero-order valence-electron chi connectivity index (χ0n) is 15.2. The smallest absolute Gasteiger partial charge is 0.193 e. The van der Waals surface area contributed by atoms with Gasteiger partial charge in [-0.2, -0.15) is 0 Å². The molecule has 2 aromatic carbocycles. The molecule has 3 N–H and O–H groups in total. The van der Waals surface area contributed by atoms with Crippen molar-refractivity contribution in [1.29, 1.82) is 0 Å². The molecule has 0 aliphatic heterocycles. The van der Waals surface area contributed by atoms with E-state index in [1.165, 1.54) is 0 Å². The predicted molar refractivity (Wildman–Crippen MR) is 103 cm³/mol. The number of nitrogens with zero attached hydrogens (tertiary/aromatic N) is 1. The van der Waals surface area contributed by atoms with Gasteiger partial charge in [0.25, 0.3) is 0 Å². The Hall–Kier alpha value is -2.69. The number of nitrogens with two attached hydrogens (primary N) is 1. The first kappa shape index (κ1) is 18.6. The predicted octanol–water partition coefficient (Wildman–Crippen LogP) is 4.05. The molecule has 0 amide bonds. The van der Waals surface area contributed by atoms with Crippen LogP contribution in [0.15, 0.2) is 53.5 Å². The van der Waals surface area contributed by atoms with Crippen molar-refractivity contribution >= 4 is 11.6 Å². The molecule has 0 aromatic heterocycles. The molecule has 0 atom stereocenters. The summed E-state index contributed by atoms with van der Waals surface area (Å²) >= 11 is 0. The number of aliphatic imine (C=N–C) groups is 1. The number of benzene rings is 2. The van der Waals surface area contributed by atoms with E-state index in [9.17, 15) is 0 Å². The fourth-order valence-corrected chi connectivity index (χ4v) is 2.21. The molecular weight excluding hydrogens is 314 g/mol. The number of ether oxygens (including phenoxy) is 2. The van der Waals surface area contributed by atoms with Gasteiger partial charge in [-0.25, -0.2) is 4.99 Å². The molecule has 25 heavy (non-hydrogen) atoms. The fourth-order valence-electron chi connectivity index (χ4n) is 2.21. The summed E-state index contributed by atoms with van der Waals surface area (Å²) in [6, 6.07) is 15.5. The molecule has 0 bridgehead atoms. The van der Waals surface area contributed by atoms with Gasteiger partial charge < -0.3 is 20.5 Å². The molecule has 0 spiro atoms. The van der Waals surface area contributed by atoms with E-state index in [0.29, 0.717) is 25.0 Å². The van der Waals surface area contributed by atoms with Gasteiger partial charge in [0.1, 0.15) is 11.5 Å². The Morgan fingerprint density at radius 3 is 2.52 bits per heavy atom. The van der Waals surface area contributed by atoms with E-state index in [0.717, 1.165) is 29.2 Å². The molecule has 0 aliphatic carbocycles. The quantitative estimate of drug-likeness (QED) is 0.561. The first-order chi connectivity index (χ1) is 12.1. The molecule has 0 saturated carbocycles. The van der Waals surface area contributed by atoms with E-state index < -0.39 is 0 Å². The SMILES string of the molecule is COc1ccc(NC(N)=NCc2ccccc2OCCC(C)C)cc1. The Bertz CT molecular complexity index is 682. The van der Waals surface area contributed by atoms with Crippen LogP contribution in [0.5, 0.6) is 11.5 Å². The van der Waals surface area contributed by atoms with Gasteiger partial charge >= 0.3 is 0 Å². The molecule has 5 nitrogen and oxygen atoms in total. The highest BCUT2D eigenvalue weighted by molar-refractivity contribution is 5.92. The molecule has 2 rings (SSSR count). The largest absolute Gasteiger partial charge is 0.497 e. The van der Waals surface area contributed by atoms with Crippen LogP contribution in [0.2, 0.25) is 0 Å². The lowest BCUT2D eigenvalue weighted by atomic mass is 10.1. The third-order valence-electron chi connectivity index (χ3n) is 3.71. The maximum atomic E-state index is 5.98. The van der Waals surface area contributed by atoms with Gasteiger partial charge in [-0.05, 0) is 42.7 Å². The number of hydrogen-bond donors (Lipinski definition) is 2. The Labute approximate surface area is 149 Å². The number of para-hydroxylation sites is 1. The molecule has 0 saturated heterocycles. The van der Waals surface area contributed by atoms with E-state index in [4.69, 9.17) is 15.2 Å². The van der Waals surface area contributed by atoms with Crippen molar-refractivity contribution in [2.75, 3.05) is 19.0 Å². The number of nitrogens with one attached hydrogen (secondary N) is 1. The van der Waals surface area contributed by atoms with Crippen molar-refractivity contribution in [3.63, 3.8) is 0 Å². The summed E-state index contributed by atoms with van der Waals surface area (Å²) in [6.45, 7) is 5.54. The van der Waals surface area contributed by atoms with E-state index in [1.807, 2.05) is 48.5 Å². The van der Waals surface area contributed by atoms with Crippen LogP contribution in [0.4, 0.5) is 5.69 Å². The Morgan fingerprint density at radius 2 is 1.84 bits per heavy atom. The topological polar surface area (TPSA) is 68.9 Å². The minimum Gasteiger partial charge on any atom is -0.497 e. The molecule has 0 heterocycles. The van der Waals surface area contributed by atoms with Crippen LogP contribution in [0.3, 0.4) is 0 Å². The second kappa shape index (κ2) is 9.57. The molecule has 2 aromatic rings. The highest BCUT2D eigenvalue weighted by Gasteiger charge is 2.04. The standard InChI is InChI=1S/C20H27N3O2/c1-15(2)12-13-25-19-7-5-4-6-16(19)14-22-20(21)23-17-8-10-18(24-3)11-9-17/h4-11,15H,12-14H2,1-3H3,(H3,21,22,23). The van der Waals surface area contributed by atoms with E-state index in [-0.39, 0.29) is 0 Å². The number of hydrogen-bond acceptors (Lipinski definition) is 3. The fraction of sp³-hybridized carbons (Fsp3) is 0.350. The van der Waals surface area contributed by atoms with Gasteiger partial charge in [0.05, 0.1) is 20.3 Å². The molecule has 134 valence electrons. The van der Waals surface area contributed by atoms with Crippen molar-refractivity contribution in [1.82, 2.24) is 0 Å². The summed E-state index contributed by atoms with van der Waals surface area (Å²) < 4.78 is 11.0. The van der Waals surface area contributed by atoms with Crippen molar-refractivity contribution < 1.29 is 9.47 Å². The Morgan fingerprint density at radius 1 is 1.12 bits per heavy atom. The molecule has 0 unspecified atom stereocenters. The van der Waals surface area contributed by atoms with E-state index >= 15 is 0 Å². The first-order valence-electron chi connectivity index (χ1n) is 8.50. The summed E-state index contributed by atoms with van der Waals surface area (Å²) in [4.78, 5) is 4.41. The second-order valence-electron chi connectivity index (χ2n) is 6.19. The number of anilines is 1. The minimum atomic E-state index is 0.363. The average Bonchev–Trinajstić information content (AvgIpc) is 2.61. The molecule has 0 radical (unpaired) electrons. The van der Waals surface area contributed by atoms with Crippen LogP contribution in [-0.4, -0.2) is 19.7 Å². The summed E-state index contributed by atoms with van der Waals surface area (Å²) in [5.41, 5.74) is 7.86. The minimum absolute atomic E-state index is 0.363. The van der Waals surface area contributed by atoms with Crippen LogP contribution in [-0.2, 0) is 6.54 Å². The van der Waals surface area contributed by atoms with E-state index in [2.05, 4.69) is 24.2 Å². The number of methoxy groups -OCH3 is 1. The highest BCUT2D eigenvalue weighted by atomic mass is 16.5. The lowest BCUT2D eigenvalue weighted by Crippen LogP contribution is -2.22. The van der Waals surface area contributed by atoms with Gasteiger partial charge in [-0.3, -0.25) is 0 Å². The van der Waals surface area contributed by atoms with Gasteiger partial charge in [0.2, 0.25) is 0 Å². The second-order valence-corrected chi connectivity index (χ2v) is 6.19. The first-order valence-corrected chi connectivity index (χ1v) is 8.50. The van der Waals surface area contributed by atoms with Gasteiger partial charge in [-0.15, -0.1) is 0 Å². The zero-order valence-corrected chi connectivity index (χ0v) is 15.2. The Balaban J connectivity index is 1.95. The van der Waals surface area contributed by atoms with Crippen LogP contribution in [0, 0.1) is 5.92 Å². The van der Waals surface area contributed by atoms with Crippen LogP contribution >= 0.6 is 0 Å². The zero-order chi connectivity index (χ0) is 18.1. The van der Waals surface area contributed by atoms with Crippen molar-refractivity contribution in [3.05, 3.63) is 54.1 Å². The summed E-state index contributed by atoms with van der Waals surface area (Å²) in [6.07, 6.45) is 1.03. The lowest BCUT2D eigenvalue weighted by Gasteiger charge is -2.12. The van der Waals surface area contributed by atoms with Crippen LogP contribution in [0.1, 0.15) is 25.8 Å². The van der Waals surface area contributed by atoms with Gasteiger partial charge in [0, 0.05) is 11.3 Å². The molecule has 0 fully saturated rings. The number of guanidine groups is 1. The Kier molecular flexibility index (Phi) is 7.14. The van der Waals surface area contributed by atoms with Crippen molar-refractivity contribution in [2.24, 2.45) is 16.6 Å². The van der Waals surface area contributed by atoms with Crippen LogP contribution < -0.4 is 20.5 Å². The van der Waals surface area contributed by atoms with Gasteiger partial charge in [-0.1, -0.05) is 32.0 Å². The van der Waals surface area contributed by atoms with Crippen molar-refractivity contribution in [2.45, 2.75) is 26.8 Å². The van der Waals surface area contributed by atoms with E-state index in [1.54, 1.807) is 7.11 Å². The van der Waals surface area contributed by atoms with Crippen molar-refractivity contribution in [3.8, 4) is 11.5 Å². The monoisotopic (exact) mass is 341 g/mol. The summed E-state index contributed by atoms with van der Waals surface area (Å²) in [5, 5.41) is 3.07. The summed E-state index contributed by atoms with van der Waals surface area (Å²) in [7, 11) is 1.64. The maximum absolute atomic E-state index is 5.98. The third-order valence-corrected chi connectivity index (χ3v) is 3.71. The van der Waals surface area contributed by atoms with Crippen LogP contribution in [0.25, 0.3) is 0 Å². The highest BCUT2D eigenvalue weighted by Crippen LogP contribution is 2.20. The lowest BCUT2D eigenvalue weighted by molar-refractivity contribution is 0.287. The average molecular weight is 341 g/mol. The normalized spacial score (nSPS) is 11.4.